The molecule has 2 aromatic heterocycles. The number of aryl methyl sites for hydroxylation is 1. The van der Waals surface area contributed by atoms with Crippen LogP contribution < -0.4 is 10.3 Å². The molecule has 3 aromatic rings. The molecule has 0 atom stereocenters. The standard InChI is InChI=1S/C22H19N3O3S2/c1-3-11-25-21(27)17(30-22(25)29)13-16-19(28-15-9-7-14(2)8-10-15)23-18-6-4-5-12-24(18)20(16)26/h4-10,12-13H,3,11H2,1-2H3/b17-13-. The molecular weight excluding hydrogens is 418 g/mol. The highest BCUT2D eigenvalue weighted by Gasteiger charge is 2.32. The molecule has 1 saturated heterocycles. The summed E-state index contributed by atoms with van der Waals surface area (Å²) in [5, 5.41) is 0. The lowest BCUT2D eigenvalue weighted by molar-refractivity contribution is -0.122. The molecule has 6 nitrogen and oxygen atoms in total. The van der Waals surface area contributed by atoms with E-state index in [1.807, 2.05) is 38.1 Å². The Hall–Kier alpha value is -2.97. The third kappa shape index (κ3) is 3.88. The van der Waals surface area contributed by atoms with Gasteiger partial charge in [0, 0.05) is 12.7 Å². The number of benzene rings is 1. The Morgan fingerprint density at radius 2 is 1.93 bits per heavy atom. The van der Waals surface area contributed by atoms with Crippen molar-refractivity contribution in [1.29, 1.82) is 0 Å². The molecule has 0 bridgehead atoms. The SMILES string of the molecule is CCCN1C(=O)/C(=C/c2c(Oc3ccc(C)cc3)nc3ccccn3c2=O)SC1=S. The number of amides is 1. The zero-order chi connectivity index (χ0) is 21.3. The number of hydrogen-bond donors (Lipinski definition) is 0. The van der Waals surface area contributed by atoms with Gasteiger partial charge in [0.25, 0.3) is 11.5 Å². The molecule has 3 heterocycles. The van der Waals surface area contributed by atoms with Gasteiger partial charge in [0.1, 0.15) is 21.3 Å². The second kappa shape index (κ2) is 8.41. The number of rotatable bonds is 5. The number of hydrogen-bond acceptors (Lipinski definition) is 6. The number of aromatic nitrogens is 2. The first-order valence-corrected chi connectivity index (χ1v) is 10.7. The third-order valence-electron chi connectivity index (χ3n) is 4.57. The largest absolute Gasteiger partial charge is 0.438 e. The summed E-state index contributed by atoms with van der Waals surface area (Å²) in [5.74, 6) is 0.502. The second-order valence-electron chi connectivity index (χ2n) is 6.81. The maximum Gasteiger partial charge on any atom is 0.269 e. The highest BCUT2D eigenvalue weighted by molar-refractivity contribution is 8.26. The average Bonchev–Trinajstić information content (AvgIpc) is 3.00. The number of nitrogens with zero attached hydrogens (tertiary/aromatic N) is 3. The number of fused-ring (bicyclic) bond motifs is 1. The van der Waals surface area contributed by atoms with Crippen molar-refractivity contribution in [2.75, 3.05) is 6.54 Å². The van der Waals surface area contributed by atoms with E-state index in [1.165, 1.54) is 22.2 Å². The predicted octanol–water partition coefficient (Wildman–Crippen LogP) is 4.41. The lowest BCUT2D eigenvalue weighted by atomic mass is 10.2. The zero-order valence-electron chi connectivity index (χ0n) is 16.5. The minimum atomic E-state index is -0.316. The van der Waals surface area contributed by atoms with Gasteiger partial charge in [0.05, 0.1) is 4.91 Å². The van der Waals surface area contributed by atoms with E-state index >= 15 is 0 Å². The van der Waals surface area contributed by atoms with E-state index in [0.717, 1.165) is 12.0 Å². The van der Waals surface area contributed by atoms with Crippen molar-refractivity contribution in [3.63, 3.8) is 0 Å². The molecule has 152 valence electrons. The molecule has 0 unspecified atom stereocenters. The van der Waals surface area contributed by atoms with Gasteiger partial charge >= 0.3 is 0 Å². The minimum Gasteiger partial charge on any atom is -0.438 e. The van der Waals surface area contributed by atoms with Crippen molar-refractivity contribution < 1.29 is 9.53 Å². The summed E-state index contributed by atoms with van der Waals surface area (Å²) < 4.78 is 7.88. The first-order chi connectivity index (χ1) is 14.5. The lowest BCUT2D eigenvalue weighted by Crippen LogP contribution is -2.28. The van der Waals surface area contributed by atoms with Crippen molar-refractivity contribution in [2.24, 2.45) is 0 Å². The summed E-state index contributed by atoms with van der Waals surface area (Å²) >= 11 is 6.52. The number of carbonyl (C=O) groups is 1. The number of carbonyl (C=O) groups excluding carboxylic acids is 1. The van der Waals surface area contributed by atoms with Crippen molar-refractivity contribution in [3.05, 3.63) is 75.0 Å². The monoisotopic (exact) mass is 437 g/mol. The van der Waals surface area contributed by atoms with E-state index in [1.54, 1.807) is 29.3 Å². The van der Waals surface area contributed by atoms with Gasteiger partial charge in [0.2, 0.25) is 5.88 Å². The summed E-state index contributed by atoms with van der Waals surface area (Å²) in [6, 6.07) is 12.7. The normalized spacial score (nSPS) is 15.4. The quantitative estimate of drug-likeness (QED) is 0.435. The smallest absolute Gasteiger partial charge is 0.269 e. The lowest BCUT2D eigenvalue weighted by Gasteiger charge is -2.12. The van der Waals surface area contributed by atoms with Crippen LogP contribution in [0.15, 0.2) is 58.4 Å². The van der Waals surface area contributed by atoms with E-state index in [9.17, 15) is 9.59 Å². The second-order valence-corrected chi connectivity index (χ2v) is 8.49. The molecule has 8 heteroatoms. The number of ether oxygens (including phenoxy) is 1. The Balaban J connectivity index is 1.84. The fraction of sp³-hybridized carbons (Fsp3) is 0.182. The Labute approximate surface area is 183 Å². The average molecular weight is 438 g/mol. The van der Waals surface area contributed by atoms with Crippen molar-refractivity contribution >= 4 is 45.9 Å². The third-order valence-corrected chi connectivity index (χ3v) is 5.94. The Kier molecular flexibility index (Phi) is 5.69. The van der Waals surface area contributed by atoms with Gasteiger partial charge in [-0.05, 0) is 43.7 Å². The summed E-state index contributed by atoms with van der Waals surface area (Å²) in [6.07, 6.45) is 3.97. The summed E-state index contributed by atoms with van der Waals surface area (Å²) in [6.45, 7) is 4.51. The maximum atomic E-state index is 13.2. The molecule has 4 rings (SSSR count). The van der Waals surface area contributed by atoms with Crippen LogP contribution in [0.5, 0.6) is 11.6 Å². The summed E-state index contributed by atoms with van der Waals surface area (Å²) in [5.41, 5.74) is 1.44. The summed E-state index contributed by atoms with van der Waals surface area (Å²) in [4.78, 5) is 32.4. The minimum absolute atomic E-state index is 0.149. The molecule has 0 spiro atoms. The van der Waals surface area contributed by atoms with Crippen LogP contribution in [-0.4, -0.2) is 31.1 Å². The molecule has 1 aromatic carbocycles. The highest BCUT2D eigenvalue weighted by atomic mass is 32.2. The van der Waals surface area contributed by atoms with Gasteiger partial charge in [-0.15, -0.1) is 0 Å². The first kappa shape index (κ1) is 20.3. The van der Waals surface area contributed by atoms with Gasteiger partial charge in [-0.3, -0.25) is 18.9 Å². The van der Waals surface area contributed by atoms with Gasteiger partial charge in [-0.25, -0.2) is 0 Å². The van der Waals surface area contributed by atoms with Crippen LogP contribution >= 0.6 is 24.0 Å². The van der Waals surface area contributed by atoms with E-state index in [4.69, 9.17) is 17.0 Å². The Morgan fingerprint density at radius 1 is 1.17 bits per heavy atom. The number of thioether (sulfide) groups is 1. The van der Waals surface area contributed by atoms with Crippen LogP contribution in [0.2, 0.25) is 0 Å². The van der Waals surface area contributed by atoms with Crippen LogP contribution in [0.3, 0.4) is 0 Å². The fourth-order valence-corrected chi connectivity index (χ4v) is 4.34. The highest BCUT2D eigenvalue weighted by Crippen LogP contribution is 2.34. The van der Waals surface area contributed by atoms with Crippen molar-refractivity contribution in [3.8, 4) is 11.6 Å². The van der Waals surface area contributed by atoms with Crippen molar-refractivity contribution in [2.45, 2.75) is 20.3 Å². The summed E-state index contributed by atoms with van der Waals surface area (Å²) in [7, 11) is 0. The predicted molar refractivity (Wildman–Crippen MR) is 123 cm³/mol. The van der Waals surface area contributed by atoms with Crippen LogP contribution in [0.4, 0.5) is 0 Å². The molecule has 0 N–H and O–H groups in total. The molecule has 30 heavy (non-hydrogen) atoms. The first-order valence-electron chi connectivity index (χ1n) is 9.49. The molecule has 0 aliphatic carbocycles. The zero-order valence-corrected chi connectivity index (χ0v) is 18.1. The van der Waals surface area contributed by atoms with Gasteiger partial charge in [-0.1, -0.05) is 54.7 Å². The van der Waals surface area contributed by atoms with Crippen LogP contribution in [0.25, 0.3) is 11.7 Å². The van der Waals surface area contributed by atoms with E-state index in [-0.39, 0.29) is 22.9 Å². The van der Waals surface area contributed by atoms with E-state index < -0.39 is 0 Å². The Morgan fingerprint density at radius 3 is 2.67 bits per heavy atom. The van der Waals surface area contributed by atoms with Crippen molar-refractivity contribution in [1.82, 2.24) is 14.3 Å². The molecule has 0 radical (unpaired) electrons. The molecule has 1 amide bonds. The Bertz CT molecular complexity index is 1230. The van der Waals surface area contributed by atoms with Crippen LogP contribution in [0.1, 0.15) is 24.5 Å². The fourth-order valence-electron chi connectivity index (χ4n) is 3.05. The van der Waals surface area contributed by atoms with Crippen LogP contribution in [-0.2, 0) is 4.79 Å². The van der Waals surface area contributed by atoms with E-state index in [0.29, 0.717) is 27.2 Å². The molecule has 1 aliphatic rings. The number of pyridine rings is 1. The topological polar surface area (TPSA) is 63.9 Å². The number of thiocarbonyl (C=S) groups is 1. The van der Waals surface area contributed by atoms with Gasteiger partial charge < -0.3 is 4.74 Å². The van der Waals surface area contributed by atoms with Crippen LogP contribution in [0, 0.1) is 6.92 Å². The molecule has 1 fully saturated rings. The molecule has 0 saturated carbocycles. The molecule has 1 aliphatic heterocycles. The van der Waals surface area contributed by atoms with Gasteiger partial charge in [0.15, 0.2) is 0 Å². The van der Waals surface area contributed by atoms with E-state index in [2.05, 4.69) is 4.98 Å². The van der Waals surface area contributed by atoms with Gasteiger partial charge in [-0.2, -0.15) is 4.98 Å². The maximum absolute atomic E-state index is 13.2. The molecular formula is C22H19N3O3S2.